The van der Waals surface area contributed by atoms with Gasteiger partial charge in [0.25, 0.3) is 0 Å². The zero-order chi connectivity index (χ0) is 14.6. The van der Waals surface area contributed by atoms with Crippen LogP contribution in [0.4, 0.5) is 0 Å². The Hall–Kier alpha value is -0.880. The van der Waals surface area contributed by atoms with Crippen molar-refractivity contribution in [3.05, 3.63) is 18.0 Å². The minimum atomic E-state index is -3.01. The number of hydrogen-bond acceptors (Lipinski definition) is 4. The zero-order valence-corrected chi connectivity index (χ0v) is 13.2. The first kappa shape index (κ1) is 15.5. The Morgan fingerprint density at radius 2 is 2.25 bits per heavy atom. The van der Waals surface area contributed by atoms with Crippen LogP contribution in [0.25, 0.3) is 0 Å². The van der Waals surface area contributed by atoms with E-state index < -0.39 is 9.84 Å². The lowest BCUT2D eigenvalue weighted by atomic mass is 10.0. The Morgan fingerprint density at radius 1 is 1.45 bits per heavy atom. The second-order valence-electron chi connectivity index (χ2n) is 5.42. The largest absolute Gasteiger partial charge is 0.308 e. The van der Waals surface area contributed by atoms with Gasteiger partial charge >= 0.3 is 0 Å². The van der Waals surface area contributed by atoms with Crippen LogP contribution in [-0.2, 0) is 16.4 Å². The minimum absolute atomic E-state index is 0.139. The summed E-state index contributed by atoms with van der Waals surface area (Å²) < 4.78 is 26.7. The first-order chi connectivity index (χ1) is 9.60. The van der Waals surface area contributed by atoms with Gasteiger partial charge < -0.3 is 5.32 Å². The van der Waals surface area contributed by atoms with Crippen molar-refractivity contribution in [3.63, 3.8) is 0 Å². The molecular weight excluding hydrogens is 274 g/mol. The maximum Gasteiger partial charge on any atom is 0.155 e. The Bertz CT molecular complexity index is 524. The van der Waals surface area contributed by atoms with E-state index in [0.29, 0.717) is 5.75 Å². The summed E-state index contributed by atoms with van der Waals surface area (Å²) in [5, 5.41) is 7.39. The van der Waals surface area contributed by atoms with Gasteiger partial charge in [-0.1, -0.05) is 20.3 Å². The fourth-order valence-electron chi connectivity index (χ4n) is 3.01. The topological polar surface area (TPSA) is 64.0 Å². The molecule has 0 saturated carbocycles. The van der Waals surface area contributed by atoms with E-state index in [2.05, 4.69) is 17.3 Å². The monoisotopic (exact) mass is 299 g/mol. The van der Waals surface area contributed by atoms with Crippen LogP contribution in [0.15, 0.2) is 12.3 Å². The predicted molar refractivity (Wildman–Crippen MR) is 80.4 cm³/mol. The molecular formula is C14H25N3O2S. The van der Waals surface area contributed by atoms with Gasteiger partial charge in [0.1, 0.15) is 0 Å². The quantitative estimate of drug-likeness (QED) is 0.871. The Morgan fingerprint density at radius 3 is 2.90 bits per heavy atom. The summed E-state index contributed by atoms with van der Waals surface area (Å²) in [5.41, 5.74) is 1.00. The van der Waals surface area contributed by atoms with Gasteiger partial charge in [-0.3, -0.25) is 4.68 Å². The highest BCUT2D eigenvalue weighted by Crippen LogP contribution is 2.30. The van der Waals surface area contributed by atoms with Gasteiger partial charge in [0, 0.05) is 12.7 Å². The average molecular weight is 299 g/mol. The molecule has 1 aromatic heterocycles. The Kier molecular flexibility index (Phi) is 5.21. The van der Waals surface area contributed by atoms with Crippen LogP contribution in [0.5, 0.6) is 0 Å². The molecule has 1 aliphatic heterocycles. The third-order valence-electron chi connectivity index (χ3n) is 3.93. The molecule has 0 bridgehead atoms. The number of nitrogens with zero attached hydrogens (tertiary/aromatic N) is 2. The normalized spacial score (nSPS) is 23.6. The van der Waals surface area contributed by atoms with Crippen LogP contribution in [-0.4, -0.2) is 35.7 Å². The SMILES string of the molecule is CCCn1nccc1C(NCC)C1CCCCS1(=O)=O. The molecule has 0 aromatic carbocycles. The van der Waals surface area contributed by atoms with Crippen molar-refractivity contribution in [2.24, 2.45) is 0 Å². The summed E-state index contributed by atoms with van der Waals surface area (Å²) >= 11 is 0. The fourth-order valence-corrected chi connectivity index (χ4v) is 5.09. The molecule has 20 heavy (non-hydrogen) atoms. The molecule has 2 atom stereocenters. The molecule has 0 radical (unpaired) electrons. The van der Waals surface area contributed by atoms with E-state index in [1.807, 2.05) is 17.7 Å². The first-order valence-corrected chi connectivity index (χ1v) is 9.28. The summed E-state index contributed by atoms with van der Waals surface area (Å²) in [5.74, 6) is 0.321. The highest BCUT2D eigenvalue weighted by molar-refractivity contribution is 7.92. The Labute approximate surface area is 121 Å². The zero-order valence-electron chi connectivity index (χ0n) is 12.4. The van der Waals surface area contributed by atoms with Gasteiger partial charge in [-0.15, -0.1) is 0 Å². The smallest absolute Gasteiger partial charge is 0.155 e. The van der Waals surface area contributed by atoms with Crippen LogP contribution in [0.2, 0.25) is 0 Å². The summed E-state index contributed by atoms with van der Waals surface area (Å²) in [6, 6.07) is 1.81. The van der Waals surface area contributed by atoms with E-state index in [4.69, 9.17) is 0 Å². The fraction of sp³-hybridized carbons (Fsp3) is 0.786. The van der Waals surface area contributed by atoms with E-state index in [9.17, 15) is 8.42 Å². The van der Waals surface area contributed by atoms with Gasteiger partial charge in [0.05, 0.1) is 22.7 Å². The van der Waals surface area contributed by atoms with Crippen LogP contribution in [0.3, 0.4) is 0 Å². The molecule has 6 heteroatoms. The van der Waals surface area contributed by atoms with Crippen LogP contribution in [0, 0.1) is 0 Å². The lowest BCUT2D eigenvalue weighted by Gasteiger charge is -2.31. The van der Waals surface area contributed by atoms with Crippen molar-refractivity contribution in [2.45, 2.75) is 57.4 Å². The highest BCUT2D eigenvalue weighted by Gasteiger charge is 2.37. The lowest BCUT2D eigenvalue weighted by Crippen LogP contribution is -2.41. The van der Waals surface area contributed by atoms with E-state index >= 15 is 0 Å². The van der Waals surface area contributed by atoms with Crippen molar-refractivity contribution in [1.82, 2.24) is 15.1 Å². The molecule has 0 amide bonds. The average Bonchev–Trinajstić information content (AvgIpc) is 2.85. The maximum absolute atomic E-state index is 12.4. The van der Waals surface area contributed by atoms with E-state index in [0.717, 1.165) is 44.5 Å². The molecule has 2 rings (SSSR count). The second kappa shape index (κ2) is 6.72. The highest BCUT2D eigenvalue weighted by atomic mass is 32.2. The number of rotatable bonds is 6. The molecule has 114 valence electrons. The number of aromatic nitrogens is 2. The van der Waals surface area contributed by atoms with Gasteiger partial charge in [0.15, 0.2) is 9.84 Å². The molecule has 2 unspecified atom stereocenters. The summed E-state index contributed by atoms with van der Waals surface area (Å²) in [6.07, 6.45) is 5.30. The standard InChI is InChI=1S/C14H25N3O2S/c1-3-10-17-12(8-9-16-17)14(15-4-2)13-7-5-6-11-20(13,18)19/h8-9,13-15H,3-7,10-11H2,1-2H3. The van der Waals surface area contributed by atoms with Crippen molar-refractivity contribution in [1.29, 1.82) is 0 Å². The van der Waals surface area contributed by atoms with Crippen LogP contribution < -0.4 is 5.32 Å². The molecule has 2 heterocycles. The number of hydrogen-bond donors (Lipinski definition) is 1. The molecule has 1 aromatic rings. The van der Waals surface area contributed by atoms with Crippen LogP contribution >= 0.6 is 0 Å². The molecule has 5 nitrogen and oxygen atoms in total. The molecule has 1 aliphatic rings. The van der Waals surface area contributed by atoms with Gasteiger partial charge in [-0.05, 0) is 31.9 Å². The lowest BCUT2D eigenvalue weighted by molar-refractivity contribution is 0.423. The van der Waals surface area contributed by atoms with E-state index in [1.54, 1.807) is 6.20 Å². The molecule has 1 N–H and O–H groups in total. The Balaban J connectivity index is 2.32. The van der Waals surface area contributed by atoms with Crippen molar-refractivity contribution < 1.29 is 8.42 Å². The molecule has 1 fully saturated rings. The number of sulfone groups is 1. The van der Waals surface area contributed by atoms with Gasteiger partial charge in [-0.2, -0.15) is 5.10 Å². The second-order valence-corrected chi connectivity index (χ2v) is 7.76. The van der Waals surface area contributed by atoms with E-state index in [1.165, 1.54) is 0 Å². The minimum Gasteiger partial charge on any atom is -0.308 e. The summed E-state index contributed by atoms with van der Waals surface area (Å²) in [4.78, 5) is 0. The number of aryl methyl sites for hydroxylation is 1. The number of nitrogens with one attached hydrogen (secondary N) is 1. The van der Waals surface area contributed by atoms with Crippen molar-refractivity contribution >= 4 is 9.84 Å². The van der Waals surface area contributed by atoms with Crippen molar-refractivity contribution in [3.8, 4) is 0 Å². The van der Waals surface area contributed by atoms with Gasteiger partial charge in [-0.25, -0.2) is 8.42 Å². The van der Waals surface area contributed by atoms with Crippen molar-refractivity contribution in [2.75, 3.05) is 12.3 Å². The van der Waals surface area contributed by atoms with Gasteiger partial charge in [0.2, 0.25) is 0 Å². The summed E-state index contributed by atoms with van der Waals surface area (Å²) in [6.45, 7) is 5.71. The molecule has 0 spiro atoms. The third kappa shape index (κ3) is 3.23. The first-order valence-electron chi connectivity index (χ1n) is 7.56. The third-order valence-corrected chi connectivity index (χ3v) is 6.22. The maximum atomic E-state index is 12.4. The predicted octanol–water partition coefficient (Wildman–Crippen LogP) is 1.91. The van der Waals surface area contributed by atoms with E-state index in [-0.39, 0.29) is 11.3 Å². The summed E-state index contributed by atoms with van der Waals surface area (Å²) in [7, 11) is -3.01. The molecule has 0 aliphatic carbocycles. The van der Waals surface area contributed by atoms with Crippen LogP contribution in [0.1, 0.15) is 51.3 Å². The molecule has 1 saturated heterocycles.